The quantitative estimate of drug-likeness (QED) is 0.893. The van der Waals surface area contributed by atoms with Crippen molar-refractivity contribution < 1.29 is 18.6 Å². The Labute approximate surface area is 145 Å². The summed E-state index contributed by atoms with van der Waals surface area (Å²) in [4.78, 5) is 0. The monoisotopic (exact) mass is 351 g/mol. The number of hydrogen-bond acceptors (Lipinski definition) is 4. The molecule has 0 spiro atoms. The van der Waals surface area contributed by atoms with Gasteiger partial charge in [0, 0.05) is 13.1 Å². The maximum atomic E-state index is 13.3. The molecule has 2 unspecified atom stereocenters. The third-order valence-electron chi connectivity index (χ3n) is 3.86. The summed E-state index contributed by atoms with van der Waals surface area (Å²) in [5.41, 5.74) is 0.906. The first-order valence-electron chi connectivity index (χ1n) is 7.75. The maximum absolute atomic E-state index is 13.3. The van der Waals surface area contributed by atoms with Crippen LogP contribution in [0.25, 0.3) is 0 Å². The third-order valence-corrected chi connectivity index (χ3v) is 4.16. The summed E-state index contributed by atoms with van der Waals surface area (Å²) >= 11 is 6.11. The molecule has 1 aliphatic rings. The lowest BCUT2D eigenvalue weighted by Gasteiger charge is -2.32. The van der Waals surface area contributed by atoms with Gasteiger partial charge in [0.15, 0.2) is 6.10 Å². The SMILES string of the molecule is COc1cccc(C(Oc2ccc(F)cc2Cl)C2CNCCO2)c1. The maximum Gasteiger partial charge on any atom is 0.151 e. The summed E-state index contributed by atoms with van der Waals surface area (Å²) in [7, 11) is 1.62. The van der Waals surface area contributed by atoms with Crippen LogP contribution in [0.4, 0.5) is 4.39 Å². The molecule has 4 nitrogen and oxygen atoms in total. The number of morpholine rings is 1. The number of benzene rings is 2. The highest BCUT2D eigenvalue weighted by Crippen LogP contribution is 2.33. The van der Waals surface area contributed by atoms with E-state index < -0.39 is 11.9 Å². The van der Waals surface area contributed by atoms with Gasteiger partial charge in [-0.3, -0.25) is 0 Å². The molecule has 128 valence electrons. The zero-order valence-corrected chi connectivity index (χ0v) is 14.1. The second-order valence-corrected chi connectivity index (χ2v) is 5.91. The summed E-state index contributed by atoms with van der Waals surface area (Å²) in [6, 6.07) is 11.7. The molecule has 2 aromatic carbocycles. The molecule has 3 rings (SSSR count). The van der Waals surface area contributed by atoms with Crippen LogP contribution in [-0.4, -0.2) is 32.9 Å². The van der Waals surface area contributed by atoms with Crippen molar-refractivity contribution in [3.8, 4) is 11.5 Å². The Morgan fingerprint density at radius 1 is 1.29 bits per heavy atom. The molecule has 1 heterocycles. The Hall–Kier alpha value is -1.82. The molecule has 2 atom stereocenters. The van der Waals surface area contributed by atoms with Gasteiger partial charge in [-0.05, 0) is 35.9 Å². The van der Waals surface area contributed by atoms with E-state index in [2.05, 4.69) is 5.32 Å². The van der Waals surface area contributed by atoms with Crippen molar-refractivity contribution in [2.45, 2.75) is 12.2 Å². The van der Waals surface area contributed by atoms with Crippen LogP contribution >= 0.6 is 11.6 Å². The summed E-state index contributed by atoms with van der Waals surface area (Å²) in [6.07, 6.45) is -0.581. The van der Waals surface area contributed by atoms with Crippen LogP contribution in [-0.2, 0) is 4.74 Å². The first-order valence-corrected chi connectivity index (χ1v) is 8.13. The highest BCUT2D eigenvalue weighted by atomic mass is 35.5. The lowest BCUT2D eigenvalue weighted by molar-refractivity contribution is -0.0432. The van der Waals surface area contributed by atoms with Crippen LogP contribution in [0, 0.1) is 5.82 Å². The second kappa shape index (κ2) is 7.83. The normalized spacial score (nSPS) is 18.9. The molecule has 0 radical (unpaired) electrons. The predicted molar refractivity (Wildman–Crippen MR) is 90.4 cm³/mol. The van der Waals surface area contributed by atoms with Crippen molar-refractivity contribution in [1.29, 1.82) is 0 Å². The first kappa shape index (κ1) is 17.0. The van der Waals surface area contributed by atoms with Crippen molar-refractivity contribution in [1.82, 2.24) is 5.32 Å². The van der Waals surface area contributed by atoms with E-state index in [1.807, 2.05) is 24.3 Å². The average molecular weight is 352 g/mol. The molecular weight excluding hydrogens is 333 g/mol. The van der Waals surface area contributed by atoms with E-state index >= 15 is 0 Å². The number of rotatable bonds is 5. The standard InChI is InChI=1S/C18H19ClFNO3/c1-22-14-4-2-3-12(9-14)18(17-11-21-7-8-23-17)24-16-6-5-13(20)10-15(16)19/h2-6,9-10,17-18,21H,7-8,11H2,1H3. The number of methoxy groups -OCH3 is 1. The first-order chi connectivity index (χ1) is 11.7. The molecule has 24 heavy (non-hydrogen) atoms. The molecule has 6 heteroatoms. The van der Waals surface area contributed by atoms with Crippen LogP contribution in [0.3, 0.4) is 0 Å². The van der Waals surface area contributed by atoms with E-state index in [9.17, 15) is 4.39 Å². The van der Waals surface area contributed by atoms with Crippen LogP contribution in [0.15, 0.2) is 42.5 Å². The Morgan fingerprint density at radius 2 is 2.17 bits per heavy atom. The Bertz CT molecular complexity index is 692. The number of halogens is 2. The molecule has 1 N–H and O–H groups in total. The topological polar surface area (TPSA) is 39.7 Å². The van der Waals surface area contributed by atoms with E-state index in [0.717, 1.165) is 17.9 Å². The van der Waals surface area contributed by atoms with Crippen LogP contribution in [0.2, 0.25) is 5.02 Å². The minimum Gasteiger partial charge on any atom is -0.497 e. The summed E-state index contributed by atoms with van der Waals surface area (Å²) < 4.78 is 30.5. The van der Waals surface area contributed by atoms with Gasteiger partial charge in [0.1, 0.15) is 23.4 Å². The summed E-state index contributed by atoms with van der Waals surface area (Å²) in [5, 5.41) is 3.52. The lowest BCUT2D eigenvalue weighted by Crippen LogP contribution is -2.43. The highest BCUT2D eigenvalue weighted by Gasteiger charge is 2.29. The van der Waals surface area contributed by atoms with Gasteiger partial charge in [-0.25, -0.2) is 4.39 Å². The van der Waals surface area contributed by atoms with E-state index in [-0.39, 0.29) is 11.1 Å². The average Bonchev–Trinajstić information content (AvgIpc) is 2.62. The van der Waals surface area contributed by atoms with Gasteiger partial charge in [0.25, 0.3) is 0 Å². The van der Waals surface area contributed by atoms with E-state index in [0.29, 0.717) is 18.9 Å². The van der Waals surface area contributed by atoms with Crippen molar-refractivity contribution in [3.05, 3.63) is 58.9 Å². The lowest BCUT2D eigenvalue weighted by atomic mass is 10.0. The highest BCUT2D eigenvalue weighted by molar-refractivity contribution is 6.32. The number of nitrogens with one attached hydrogen (secondary N) is 1. The zero-order chi connectivity index (χ0) is 16.9. The minimum atomic E-state index is -0.402. The molecule has 1 aliphatic heterocycles. The third kappa shape index (κ3) is 3.98. The van der Waals surface area contributed by atoms with Crippen molar-refractivity contribution in [3.63, 3.8) is 0 Å². The molecule has 0 aliphatic carbocycles. The van der Waals surface area contributed by atoms with Gasteiger partial charge in [-0.15, -0.1) is 0 Å². The van der Waals surface area contributed by atoms with Crippen molar-refractivity contribution in [2.24, 2.45) is 0 Å². The molecular formula is C18H19ClFNO3. The summed E-state index contributed by atoms with van der Waals surface area (Å²) in [6.45, 7) is 2.06. The van der Waals surface area contributed by atoms with Crippen LogP contribution in [0.5, 0.6) is 11.5 Å². The smallest absolute Gasteiger partial charge is 0.151 e. The Balaban J connectivity index is 1.91. The predicted octanol–water partition coefficient (Wildman–Crippen LogP) is 3.60. The van der Waals surface area contributed by atoms with Gasteiger partial charge in [-0.2, -0.15) is 0 Å². The molecule has 0 aromatic heterocycles. The van der Waals surface area contributed by atoms with Gasteiger partial charge in [0.2, 0.25) is 0 Å². The van der Waals surface area contributed by atoms with Crippen molar-refractivity contribution in [2.75, 3.05) is 26.8 Å². The fraction of sp³-hybridized carbons (Fsp3) is 0.333. The fourth-order valence-corrected chi connectivity index (χ4v) is 2.88. The van der Waals surface area contributed by atoms with Crippen LogP contribution < -0.4 is 14.8 Å². The fourth-order valence-electron chi connectivity index (χ4n) is 2.66. The van der Waals surface area contributed by atoms with E-state index in [1.54, 1.807) is 7.11 Å². The number of hydrogen-bond donors (Lipinski definition) is 1. The molecule has 1 saturated heterocycles. The van der Waals surface area contributed by atoms with Gasteiger partial charge in [0.05, 0.1) is 18.7 Å². The second-order valence-electron chi connectivity index (χ2n) is 5.50. The van der Waals surface area contributed by atoms with E-state index in [4.69, 9.17) is 25.8 Å². The van der Waals surface area contributed by atoms with Gasteiger partial charge < -0.3 is 19.5 Å². The van der Waals surface area contributed by atoms with Gasteiger partial charge >= 0.3 is 0 Å². The van der Waals surface area contributed by atoms with Crippen molar-refractivity contribution >= 4 is 11.6 Å². The van der Waals surface area contributed by atoms with E-state index in [1.165, 1.54) is 18.2 Å². The molecule has 0 amide bonds. The largest absolute Gasteiger partial charge is 0.497 e. The zero-order valence-electron chi connectivity index (χ0n) is 13.3. The summed E-state index contributed by atoms with van der Waals surface area (Å²) in [5.74, 6) is 0.746. The Morgan fingerprint density at radius 3 is 2.88 bits per heavy atom. The number of ether oxygens (including phenoxy) is 3. The minimum absolute atomic E-state index is 0.188. The molecule has 0 bridgehead atoms. The molecule has 2 aromatic rings. The van der Waals surface area contributed by atoms with Crippen LogP contribution in [0.1, 0.15) is 11.7 Å². The Kier molecular flexibility index (Phi) is 5.56. The van der Waals surface area contributed by atoms with Gasteiger partial charge in [-0.1, -0.05) is 23.7 Å². The molecule has 0 saturated carbocycles. The molecule has 1 fully saturated rings.